The van der Waals surface area contributed by atoms with Gasteiger partial charge in [0.15, 0.2) is 0 Å². The Kier molecular flexibility index (Phi) is 7.57. The molecule has 8 heteroatoms. The summed E-state index contributed by atoms with van der Waals surface area (Å²) in [6, 6.07) is 14.3. The van der Waals surface area contributed by atoms with Crippen molar-refractivity contribution >= 4 is 50.5 Å². The SMILES string of the molecule is CC(=O)N(Cc1ccccc1)c1sc2c(CN(C)C)c(O)ccc2c1C(=O)C#N.Cl. The molecule has 0 unspecified atom stereocenters. The van der Waals surface area contributed by atoms with Gasteiger partial charge in [-0.15, -0.1) is 23.7 Å². The Morgan fingerprint density at radius 2 is 1.77 bits per heavy atom. The molecule has 3 rings (SSSR count). The van der Waals surface area contributed by atoms with Crippen LogP contribution in [-0.2, 0) is 17.9 Å². The summed E-state index contributed by atoms with van der Waals surface area (Å²) in [7, 11) is 3.76. The van der Waals surface area contributed by atoms with Gasteiger partial charge in [0, 0.05) is 29.1 Å². The van der Waals surface area contributed by atoms with E-state index >= 15 is 0 Å². The second-order valence-electron chi connectivity index (χ2n) is 6.99. The number of Topliss-reactive ketones (excluding diaryl/α,β-unsaturated/α-hetero) is 1. The number of aromatic hydroxyl groups is 1. The van der Waals surface area contributed by atoms with Crippen molar-refractivity contribution in [2.24, 2.45) is 0 Å². The zero-order valence-corrected chi connectivity index (χ0v) is 18.5. The van der Waals surface area contributed by atoms with Crippen LogP contribution in [0.5, 0.6) is 5.75 Å². The van der Waals surface area contributed by atoms with Gasteiger partial charge in [0.2, 0.25) is 5.91 Å². The maximum absolute atomic E-state index is 12.5. The predicted molar refractivity (Wildman–Crippen MR) is 121 cm³/mol. The summed E-state index contributed by atoms with van der Waals surface area (Å²) in [4.78, 5) is 28.5. The molecule has 3 aromatic rings. The number of halogens is 1. The maximum Gasteiger partial charge on any atom is 0.265 e. The number of carbonyl (C=O) groups excluding carboxylic acids is 2. The number of hydrogen-bond donors (Lipinski definition) is 1. The predicted octanol–water partition coefficient (Wildman–Crippen LogP) is 4.35. The van der Waals surface area contributed by atoms with Gasteiger partial charge in [0.1, 0.15) is 16.8 Å². The fourth-order valence-electron chi connectivity index (χ4n) is 3.22. The van der Waals surface area contributed by atoms with E-state index in [9.17, 15) is 20.0 Å². The summed E-state index contributed by atoms with van der Waals surface area (Å²) >= 11 is 1.25. The van der Waals surface area contributed by atoms with E-state index in [4.69, 9.17) is 0 Å². The summed E-state index contributed by atoms with van der Waals surface area (Å²) < 4.78 is 0.701. The maximum atomic E-state index is 12.5. The fourth-order valence-corrected chi connectivity index (χ4v) is 4.59. The molecule has 156 valence electrons. The van der Waals surface area contributed by atoms with Gasteiger partial charge in [-0.05, 0) is 31.8 Å². The van der Waals surface area contributed by atoms with Crippen LogP contribution in [0.1, 0.15) is 28.4 Å². The molecule has 1 aromatic heterocycles. The van der Waals surface area contributed by atoms with E-state index in [1.54, 1.807) is 12.1 Å². The molecule has 0 fully saturated rings. The third kappa shape index (κ3) is 4.62. The first-order valence-electron chi connectivity index (χ1n) is 9.02. The Bertz CT molecular complexity index is 1120. The second kappa shape index (κ2) is 9.72. The van der Waals surface area contributed by atoms with Crippen molar-refractivity contribution in [3.8, 4) is 11.8 Å². The lowest BCUT2D eigenvalue weighted by atomic mass is 10.0. The molecule has 6 nitrogen and oxygen atoms in total. The number of benzene rings is 2. The van der Waals surface area contributed by atoms with E-state index in [0.29, 0.717) is 27.2 Å². The third-order valence-electron chi connectivity index (χ3n) is 4.53. The number of fused-ring (bicyclic) bond motifs is 1. The van der Waals surface area contributed by atoms with E-state index in [-0.39, 0.29) is 36.2 Å². The van der Waals surface area contributed by atoms with E-state index in [1.165, 1.54) is 29.2 Å². The molecule has 1 amide bonds. The number of anilines is 1. The molecule has 0 aliphatic carbocycles. The van der Waals surface area contributed by atoms with Crippen LogP contribution in [-0.4, -0.2) is 35.8 Å². The molecule has 30 heavy (non-hydrogen) atoms. The number of hydrogen-bond acceptors (Lipinski definition) is 6. The summed E-state index contributed by atoms with van der Waals surface area (Å²) in [5, 5.41) is 20.7. The zero-order chi connectivity index (χ0) is 21.1. The second-order valence-corrected chi connectivity index (χ2v) is 7.99. The Labute approximate surface area is 185 Å². The highest BCUT2D eigenvalue weighted by Gasteiger charge is 2.27. The number of thiophene rings is 1. The third-order valence-corrected chi connectivity index (χ3v) is 5.82. The minimum Gasteiger partial charge on any atom is -0.508 e. The quantitative estimate of drug-likeness (QED) is 0.452. The van der Waals surface area contributed by atoms with E-state index in [0.717, 1.165) is 5.56 Å². The topological polar surface area (TPSA) is 84.6 Å². The van der Waals surface area contributed by atoms with Crippen LogP contribution in [0.25, 0.3) is 10.1 Å². The fraction of sp³-hybridized carbons (Fsp3) is 0.227. The van der Waals surface area contributed by atoms with E-state index < -0.39 is 5.78 Å². The lowest BCUT2D eigenvalue weighted by Gasteiger charge is -2.20. The molecule has 0 saturated carbocycles. The Morgan fingerprint density at radius 1 is 1.10 bits per heavy atom. The molecule has 0 radical (unpaired) electrons. The Balaban J connectivity index is 0.00000320. The first kappa shape index (κ1) is 23.4. The molecule has 0 aliphatic rings. The Morgan fingerprint density at radius 3 is 2.33 bits per heavy atom. The summed E-state index contributed by atoms with van der Waals surface area (Å²) in [6.07, 6.45) is 0. The number of amides is 1. The van der Waals surface area contributed by atoms with Gasteiger partial charge in [0.25, 0.3) is 5.78 Å². The molecule has 1 heterocycles. The molecule has 0 aliphatic heterocycles. The van der Waals surface area contributed by atoms with Crippen molar-refractivity contribution in [2.75, 3.05) is 19.0 Å². The van der Waals surface area contributed by atoms with Gasteiger partial charge in [-0.25, -0.2) is 0 Å². The monoisotopic (exact) mass is 443 g/mol. The molecule has 0 spiro atoms. The van der Waals surface area contributed by atoms with E-state index in [2.05, 4.69) is 0 Å². The van der Waals surface area contributed by atoms with Crippen LogP contribution < -0.4 is 4.90 Å². The van der Waals surface area contributed by atoms with Gasteiger partial charge in [-0.3, -0.25) is 14.5 Å². The number of rotatable bonds is 6. The molecule has 1 N–H and O–H groups in total. The van der Waals surface area contributed by atoms with Gasteiger partial charge in [-0.1, -0.05) is 30.3 Å². The van der Waals surface area contributed by atoms with Gasteiger partial charge in [0.05, 0.1) is 12.1 Å². The van der Waals surface area contributed by atoms with Gasteiger partial charge < -0.3 is 10.0 Å². The number of phenols is 1. The first-order chi connectivity index (χ1) is 13.8. The van der Waals surface area contributed by atoms with Gasteiger partial charge >= 0.3 is 0 Å². The highest BCUT2D eigenvalue weighted by molar-refractivity contribution is 7.23. The highest BCUT2D eigenvalue weighted by atomic mass is 35.5. The Hall–Kier alpha value is -2.92. The molecular formula is C22H22ClN3O3S. The molecule has 2 aromatic carbocycles. The number of nitrogens with zero attached hydrogens (tertiary/aromatic N) is 3. The van der Waals surface area contributed by atoms with Crippen molar-refractivity contribution in [1.29, 1.82) is 5.26 Å². The lowest BCUT2D eigenvalue weighted by molar-refractivity contribution is -0.116. The van der Waals surface area contributed by atoms with Crippen molar-refractivity contribution in [3.05, 3.63) is 59.2 Å². The first-order valence-corrected chi connectivity index (χ1v) is 9.83. The summed E-state index contributed by atoms with van der Waals surface area (Å²) in [5.41, 5.74) is 1.78. The zero-order valence-electron chi connectivity index (χ0n) is 16.9. The average Bonchev–Trinajstić information content (AvgIpc) is 3.07. The number of phenolic OH excluding ortho intramolecular Hbond substituents is 1. The standard InChI is InChI=1S/C22H21N3O3S.ClH/c1-14(26)25(12-15-7-5-4-6-8-15)22-20(19(28)11-23)16-9-10-18(27)17(13-24(2)3)21(16)29-22;/h4-10,27H,12-13H2,1-3H3;1H. The van der Waals surface area contributed by atoms with Crippen LogP contribution in [0.4, 0.5) is 5.00 Å². The van der Waals surface area contributed by atoms with Crippen molar-refractivity contribution in [3.63, 3.8) is 0 Å². The number of ketones is 1. The normalized spacial score (nSPS) is 10.5. The van der Waals surface area contributed by atoms with Crippen LogP contribution in [0, 0.1) is 11.3 Å². The smallest absolute Gasteiger partial charge is 0.265 e. The van der Waals surface area contributed by atoms with Crippen LogP contribution in [0.3, 0.4) is 0 Å². The van der Waals surface area contributed by atoms with Crippen LogP contribution in [0.2, 0.25) is 0 Å². The minimum absolute atomic E-state index is 0. The average molecular weight is 444 g/mol. The molecule has 0 atom stereocenters. The molecule has 0 saturated heterocycles. The van der Waals surface area contributed by atoms with Crippen molar-refractivity contribution in [2.45, 2.75) is 20.0 Å². The molecular weight excluding hydrogens is 422 g/mol. The summed E-state index contributed by atoms with van der Waals surface area (Å²) in [6.45, 7) is 2.18. The minimum atomic E-state index is -0.702. The number of carbonyl (C=O) groups is 2. The lowest BCUT2D eigenvalue weighted by Crippen LogP contribution is -2.28. The largest absolute Gasteiger partial charge is 0.508 e. The summed E-state index contributed by atoms with van der Waals surface area (Å²) in [5.74, 6) is -0.815. The number of nitriles is 1. The van der Waals surface area contributed by atoms with Gasteiger partial charge in [-0.2, -0.15) is 5.26 Å². The van der Waals surface area contributed by atoms with E-state index in [1.807, 2.05) is 49.3 Å². The van der Waals surface area contributed by atoms with Crippen molar-refractivity contribution < 1.29 is 14.7 Å². The van der Waals surface area contributed by atoms with Crippen molar-refractivity contribution in [1.82, 2.24) is 4.90 Å². The highest BCUT2D eigenvalue weighted by Crippen LogP contribution is 2.43. The van der Waals surface area contributed by atoms with Crippen LogP contribution >= 0.6 is 23.7 Å². The molecule has 0 bridgehead atoms. The van der Waals surface area contributed by atoms with Crippen LogP contribution in [0.15, 0.2) is 42.5 Å².